The second-order valence-corrected chi connectivity index (χ2v) is 20.1. The Morgan fingerprint density at radius 1 is 0.836 bits per heavy atom. The van der Waals surface area contributed by atoms with Crippen molar-refractivity contribution in [1.29, 1.82) is 0 Å². The monoisotopic (exact) mass is 871 g/mol. The molecule has 0 bridgehead atoms. The lowest BCUT2D eigenvalue weighted by Gasteiger charge is -2.27. The molecule has 2 heterocycles. The summed E-state index contributed by atoms with van der Waals surface area (Å²) < 4.78 is 81.1. The number of hydrogen-bond donors (Lipinski definition) is 2. The van der Waals surface area contributed by atoms with E-state index in [-0.39, 0.29) is 29.1 Å². The smallest absolute Gasteiger partial charge is 0.294 e. The highest BCUT2D eigenvalue weighted by molar-refractivity contribution is 7.86. The highest BCUT2D eigenvalue weighted by Gasteiger charge is 2.44. The van der Waals surface area contributed by atoms with E-state index in [0.717, 1.165) is 78.9 Å². The first kappa shape index (κ1) is 45.7. The van der Waals surface area contributed by atoms with E-state index in [2.05, 4.69) is 72.7 Å². The van der Waals surface area contributed by atoms with Crippen LogP contribution in [0.1, 0.15) is 103 Å². The normalized spacial score (nSPS) is 18.6. The van der Waals surface area contributed by atoms with Gasteiger partial charge in [0.25, 0.3) is 26.7 Å². The molecular formula is C48H59N2O9S2+. The third-order valence-corrected chi connectivity index (χ3v) is 13.7. The molecule has 0 spiro atoms. The Hall–Kier alpha value is -4.82. The molecule has 0 radical (unpaired) electrons. The van der Waals surface area contributed by atoms with Crippen LogP contribution in [0, 0.1) is 0 Å². The second-order valence-electron chi connectivity index (χ2n) is 17.1. The topological polar surface area (TPSA) is 151 Å². The Morgan fingerprint density at radius 2 is 1.59 bits per heavy atom. The van der Waals surface area contributed by atoms with Crippen LogP contribution in [0.4, 0.5) is 11.4 Å². The van der Waals surface area contributed by atoms with E-state index in [1.165, 1.54) is 29.1 Å². The Bertz CT molecular complexity index is 2490. The molecule has 0 atom stereocenters. The predicted octanol–water partition coefficient (Wildman–Crippen LogP) is 9.56. The van der Waals surface area contributed by atoms with Crippen molar-refractivity contribution in [2.45, 2.75) is 108 Å². The van der Waals surface area contributed by atoms with E-state index >= 15 is 0 Å². The first-order valence-electron chi connectivity index (χ1n) is 21.2. The molecule has 3 aromatic carbocycles. The van der Waals surface area contributed by atoms with Crippen LogP contribution < -0.4 is 9.64 Å². The predicted molar refractivity (Wildman–Crippen MR) is 240 cm³/mol. The van der Waals surface area contributed by atoms with E-state index in [9.17, 15) is 30.7 Å². The first-order chi connectivity index (χ1) is 29.0. The summed E-state index contributed by atoms with van der Waals surface area (Å²) in [6.07, 6.45) is 15.6. The summed E-state index contributed by atoms with van der Waals surface area (Å²) in [5.74, 6) is 1.05. The zero-order chi connectivity index (χ0) is 44.0. The van der Waals surface area contributed by atoms with Gasteiger partial charge in [-0.05, 0) is 117 Å². The number of unbranched alkanes of at least 4 members (excludes halogenated alkanes) is 3. The fourth-order valence-electron chi connectivity index (χ4n) is 8.79. The van der Waals surface area contributed by atoms with Gasteiger partial charge < -0.3 is 14.4 Å². The number of ether oxygens (including phenoxy) is 2. The van der Waals surface area contributed by atoms with Crippen molar-refractivity contribution in [3.05, 3.63) is 130 Å². The Morgan fingerprint density at radius 3 is 2.30 bits per heavy atom. The van der Waals surface area contributed by atoms with Crippen LogP contribution in [0.25, 0.3) is 0 Å². The molecule has 3 aromatic rings. The zero-order valence-corrected chi connectivity index (χ0v) is 37.5. The lowest BCUT2D eigenvalue weighted by Crippen LogP contribution is -2.28. The number of benzene rings is 3. The fraction of sp³-hybridized carbons (Fsp3) is 0.417. The SMILES string of the molecule is CCCCC[N+]1=C(/C=C/C2=C(Oc3ccc(CCOC=O)cc3)C(=C/C=C3/N(CCCCS(=O)(=O)O)c4ccc(S(=O)(=O)O)cc4C3(C)C)/CCC2)C(C)(C)c2ccccc21. The van der Waals surface area contributed by atoms with Crippen molar-refractivity contribution in [3.63, 3.8) is 0 Å². The first-order valence-corrected chi connectivity index (χ1v) is 24.2. The van der Waals surface area contributed by atoms with Gasteiger partial charge in [0.2, 0.25) is 5.69 Å². The highest BCUT2D eigenvalue weighted by atomic mass is 32.2. The largest absolute Gasteiger partial charge is 0.468 e. The van der Waals surface area contributed by atoms with Crippen molar-refractivity contribution < 1.29 is 44.8 Å². The Kier molecular flexibility index (Phi) is 14.3. The fourth-order valence-corrected chi connectivity index (χ4v) is 9.87. The van der Waals surface area contributed by atoms with Crippen LogP contribution in [-0.2, 0) is 47.0 Å². The maximum absolute atomic E-state index is 12.2. The molecule has 6 rings (SSSR count). The summed E-state index contributed by atoms with van der Waals surface area (Å²) in [4.78, 5) is 12.6. The standard InChI is InChI=1S/C48H58N2O9S2/c1-6-7-10-29-49-42-17-9-8-16-40(42)47(2,3)44(49)26-20-36-14-13-15-37(46(36)59-38-22-18-35(19-23-38)28-31-58-34-51)21-27-45-48(4,5)41-33-39(61(55,56)57)24-25-43(41)50(45)30-11-12-32-60(52,53)54/h8-9,16-27,33-34H,6-7,10-15,28-32H2,1-5H3,(H-,52,53,54,55,56,57)/p+1. The van der Waals surface area contributed by atoms with Crippen LogP contribution in [0.3, 0.4) is 0 Å². The Labute approximate surface area is 361 Å². The number of carbonyl (C=O) groups excluding carboxylic acids is 1. The van der Waals surface area contributed by atoms with Gasteiger partial charge in [0.1, 0.15) is 18.1 Å². The molecule has 0 unspecified atom stereocenters. The average molecular weight is 872 g/mol. The van der Waals surface area contributed by atoms with Crippen molar-refractivity contribution in [3.8, 4) is 5.75 Å². The molecule has 0 amide bonds. The van der Waals surface area contributed by atoms with Gasteiger partial charge in [0.05, 0.1) is 22.7 Å². The van der Waals surface area contributed by atoms with Crippen LogP contribution in [0.2, 0.25) is 0 Å². The number of hydrogen-bond acceptors (Lipinski definition) is 8. The zero-order valence-electron chi connectivity index (χ0n) is 35.9. The van der Waals surface area contributed by atoms with Gasteiger partial charge in [0.15, 0.2) is 5.71 Å². The van der Waals surface area contributed by atoms with Crippen molar-refractivity contribution in [1.82, 2.24) is 0 Å². The van der Waals surface area contributed by atoms with Gasteiger partial charge in [-0.2, -0.15) is 21.4 Å². The number of fused-ring (bicyclic) bond motifs is 2. The third kappa shape index (κ3) is 10.6. The molecule has 326 valence electrons. The van der Waals surface area contributed by atoms with E-state index in [0.29, 0.717) is 37.2 Å². The molecule has 2 N–H and O–H groups in total. The highest BCUT2D eigenvalue weighted by Crippen LogP contribution is 2.49. The number of allylic oxidation sites excluding steroid dienone is 7. The number of nitrogens with zero attached hydrogens (tertiary/aromatic N) is 2. The number of anilines is 1. The molecule has 11 nitrogen and oxygen atoms in total. The number of carbonyl (C=O) groups is 1. The number of rotatable bonds is 19. The summed E-state index contributed by atoms with van der Waals surface area (Å²) in [5.41, 5.74) is 8.23. The molecule has 61 heavy (non-hydrogen) atoms. The minimum atomic E-state index is -4.47. The molecule has 3 aliphatic rings. The lowest BCUT2D eigenvalue weighted by molar-refractivity contribution is -0.438. The van der Waals surface area contributed by atoms with Gasteiger partial charge in [0, 0.05) is 53.9 Å². The Balaban J connectivity index is 1.44. The summed E-state index contributed by atoms with van der Waals surface area (Å²) >= 11 is 0. The third-order valence-electron chi connectivity index (χ3n) is 12.1. The van der Waals surface area contributed by atoms with Gasteiger partial charge in [-0.1, -0.05) is 63.6 Å². The number of para-hydroxylation sites is 1. The summed E-state index contributed by atoms with van der Waals surface area (Å²) in [7, 11) is -8.60. The molecule has 1 aliphatic carbocycles. The van der Waals surface area contributed by atoms with Crippen LogP contribution in [0.5, 0.6) is 5.75 Å². The van der Waals surface area contributed by atoms with Gasteiger partial charge in [-0.3, -0.25) is 13.9 Å². The molecule has 0 saturated heterocycles. The molecule has 13 heteroatoms. The van der Waals surface area contributed by atoms with Crippen LogP contribution in [0.15, 0.2) is 119 Å². The average Bonchev–Trinajstić information content (AvgIpc) is 3.56. The van der Waals surface area contributed by atoms with Gasteiger partial charge in [-0.25, -0.2) is 0 Å². The van der Waals surface area contributed by atoms with Crippen molar-refractivity contribution in [2.24, 2.45) is 0 Å². The molecule has 2 aliphatic heterocycles. The second kappa shape index (κ2) is 19.1. The van der Waals surface area contributed by atoms with Crippen molar-refractivity contribution in [2.75, 3.05) is 30.3 Å². The molecule has 0 aromatic heterocycles. The minimum absolute atomic E-state index is 0.204. The van der Waals surface area contributed by atoms with Crippen molar-refractivity contribution >= 4 is 43.8 Å². The van der Waals surface area contributed by atoms with E-state index in [1.54, 1.807) is 6.07 Å². The maximum atomic E-state index is 12.2. The molecule has 0 saturated carbocycles. The maximum Gasteiger partial charge on any atom is 0.294 e. The summed E-state index contributed by atoms with van der Waals surface area (Å²) in [6.45, 7) is 12.9. The van der Waals surface area contributed by atoms with Gasteiger partial charge >= 0.3 is 0 Å². The van der Waals surface area contributed by atoms with E-state index < -0.39 is 25.7 Å². The van der Waals surface area contributed by atoms with E-state index in [4.69, 9.17) is 9.47 Å². The van der Waals surface area contributed by atoms with Crippen LogP contribution >= 0.6 is 0 Å². The van der Waals surface area contributed by atoms with E-state index in [1.807, 2.05) is 44.2 Å². The van der Waals surface area contributed by atoms with Crippen LogP contribution in [-0.4, -0.2) is 68.1 Å². The summed E-state index contributed by atoms with van der Waals surface area (Å²) in [6, 6.07) is 21.0. The molecular weight excluding hydrogens is 813 g/mol. The quantitative estimate of drug-likeness (QED) is 0.0516. The lowest BCUT2D eigenvalue weighted by atomic mass is 9.81. The van der Waals surface area contributed by atoms with Gasteiger partial charge in [-0.15, -0.1) is 0 Å². The summed E-state index contributed by atoms with van der Waals surface area (Å²) in [5, 5.41) is 0. The molecule has 0 fully saturated rings. The minimum Gasteiger partial charge on any atom is -0.468 e.